The first-order chi connectivity index (χ1) is 16.1. The van der Waals surface area contributed by atoms with E-state index < -0.39 is 11.7 Å². The summed E-state index contributed by atoms with van der Waals surface area (Å²) in [6.45, 7) is 7.35. The van der Waals surface area contributed by atoms with Crippen molar-refractivity contribution >= 4 is 17.9 Å². The van der Waals surface area contributed by atoms with E-state index in [0.29, 0.717) is 42.4 Å². The Morgan fingerprint density at radius 1 is 0.971 bits per heavy atom. The number of piperidine rings is 1. The molecule has 1 aromatic rings. The van der Waals surface area contributed by atoms with Gasteiger partial charge in [-0.25, -0.2) is 4.79 Å². The highest BCUT2D eigenvalue weighted by atomic mass is 16.6. The summed E-state index contributed by atoms with van der Waals surface area (Å²) in [6.07, 6.45) is 1.28. The summed E-state index contributed by atoms with van der Waals surface area (Å²) in [5.74, 6) is 1.30. The minimum atomic E-state index is -0.573. The zero-order valence-corrected chi connectivity index (χ0v) is 21.0. The van der Waals surface area contributed by atoms with Crippen LogP contribution in [0, 0.1) is 5.92 Å². The predicted octanol–water partition coefficient (Wildman–Crippen LogP) is 2.60. The molecule has 1 saturated heterocycles. The normalized spacial score (nSPS) is 14.2. The average molecular weight is 480 g/mol. The van der Waals surface area contributed by atoms with Crippen molar-refractivity contribution in [2.24, 2.45) is 5.92 Å². The highest BCUT2D eigenvalue weighted by Crippen LogP contribution is 2.38. The number of likely N-dealkylation sites (tertiary alicyclic amines) is 1. The SMILES string of the molecule is COc1cc(C(=O)NCC2CCN(C(=O)CCNC(=O)OC(C)(C)C)CC2)cc(OC)c1OC. The van der Waals surface area contributed by atoms with Gasteiger partial charge in [-0.1, -0.05) is 0 Å². The zero-order valence-electron chi connectivity index (χ0n) is 21.0. The standard InChI is InChI=1S/C24H37N3O7/c1-24(2,3)34-23(30)25-10-7-20(28)27-11-8-16(9-12-27)15-26-22(29)17-13-18(31-4)21(33-6)19(14-17)32-5/h13-14,16H,7-12,15H2,1-6H3,(H,25,30)(H,26,29). The van der Waals surface area contributed by atoms with Crippen LogP contribution in [0.4, 0.5) is 4.79 Å². The van der Waals surface area contributed by atoms with Crippen molar-refractivity contribution in [1.82, 2.24) is 15.5 Å². The fraction of sp³-hybridized carbons (Fsp3) is 0.625. The van der Waals surface area contributed by atoms with Gasteiger partial charge in [0.2, 0.25) is 11.7 Å². The lowest BCUT2D eigenvalue weighted by Crippen LogP contribution is -2.42. The molecule has 0 aromatic heterocycles. The number of alkyl carbamates (subject to hydrolysis) is 1. The minimum Gasteiger partial charge on any atom is -0.493 e. The molecule has 2 rings (SSSR count). The first kappa shape index (κ1) is 27.1. The molecule has 0 bridgehead atoms. The van der Waals surface area contributed by atoms with E-state index in [2.05, 4.69) is 10.6 Å². The lowest BCUT2D eigenvalue weighted by molar-refractivity contribution is -0.132. The van der Waals surface area contributed by atoms with Crippen molar-refractivity contribution in [3.8, 4) is 17.2 Å². The number of carbonyl (C=O) groups excluding carboxylic acids is 3. The Kier molecular flexibility index (Phi) is 9.83. The lowest BCUT2D eigenvalue weighted by Gasteiger charge is -2.32. The molecule has 1 aliphatic heterocycles. The quantitative estimate of drug-likeness (QED) is 0.559. The fourth-order valence-corrected chi connectivity index (χ4v) is 3.68. The van der Waals surface area contributed by atoms with E-state index in [4.69, 9.17) is 18.9 Å². The highest BCUT2D eigenvalue weighted by molar-refractivity contribution is 5.95. The summed E-state index contributed by atoms with van der Waals surface area (Å²) in [5, 5.41) is 5.57. The first-order valence-electron chi connectivity index (χ1n) is 11.4. The van der Waals surface area contributed by atoms with Gasteiger partial charge < -0.3 is 34.5 Å². The number of ether oxygens (including phenoxy) is 4. The van der Waals surface area contributed by atoms with E-state index in [9.17, 15) is 14.4 Å². The molecule has 0 saturated carbocycles. The Balaban J connectivity index is 1.77. The Morgan fingerprint density at radius 2 is 1.56 bits per heavy atom. The number of nitrogens with one attached hydrogen (secondary N) is 2. The number of nitrogens with zero attached hydrogens (tertiary/aromatic N) is 1. The monoisotopic (exact) mass is 479 g/mol. The molecule has 0 unspecified atom stereocenters. The molecule has 10 nitrogen and oxygen atoms in total. The molecule has 0 aliphatic carbocycles. The van der Waals surface area contributed by atoms with E-state index in [1.165, 1.54) is 21.3 Å². The van der Waals surface area contributed by atoms with E-state index in [0.717, 1.165) is 12.8 Å². The summed E-state index contributed by atoms with van der Waals surface area (Å²) in [6, 6.07) is 3.23. The van der Waals surface area contributed by atoms with Gasteiger partial charge in [-0.2, -0.15) is 0 Å². The van der Waals surface area contributed by atoms with Crippen LogP contribution in [-0.4, -0.2) is 75.9 Å². The van der Waals surface area contributed by atoms with E-state index >= 15 is 0 Å². The molecule has 1 aliphatic rings. The van der Waals surface area contributed by atoms with Crippen LogP contribution in [0.15, 0.2) is 12.1 Å². The van der Waals surface area contributed by atoms with Crippen LogP contribution in [0.25, 0.3) is 0 Å². The minimum absolute atomic E-state index is 0.00373. The number of hydrogen-bond acceptors (Lipinski definition) is 7. The summed E-state index contributed by atoms with van der Waals surface area (Å²) in [7, 11) is 4.51. The maximum absolute atomic E-state index is 12.7. The van der Waals surface area contributed by atoms with Crippen molar-refractivity contribution in [3.63, 3.8) is 0 Å². The van der Waals surface area contributed by atoms with Gasteiger partial charge in [0.05, 0.1) is 21.3 Å². The Hall–Kier alpha value is -3.17. The lowest BCUT2D eigenvalue weighted by atomic mass is 9.96. The highest BCUT2D eigenvalue weighted by Gasteiger charge is 2.24. The topological polar surface area (TPSA) is 115 Å². The van der Waals surface area contributed by atoms with Gasteiger partial charge >= 0.3 is 6.09 Å². The smallest absolute Gasteiger partial charge is 0.407 e. The number of amides is 3. The molecule has 0 atom stereocenters. The maximum Gasteiger partial charge on any atom is 0.407 e. The van der Waals surface area contributed by atoms with Crippen molar-refractivity contribution in [2.75, 3.05) is 47.5 Å². The van der Waals surface area contributed by atoms with Crippen molar-refractivity contribution in [2.45, 2.75) is 45.6 Å². The predicted molar refractivity (Wildman–Crippen MR) is 127 cm³/mol. The summed E-state index contributed by atoms with van der Waals surface area (Å²) in [5.41, 5.74) is -0.156. The number of hydrogen-bond donors (Lipinski definition) is 2. The van der Waals surface area contributed by atoms with Crippen molar-refractivity contribution < 1.29 is 33.3 Å². The summed E-state index contributed by atoms with van der Waals surface area (Å²) >= 11 is 0. The Morgan fingerprint density at radius 3 is 2.06 bits per heavy atom. The molecule has 1 fully saturated rings. The van der Waals surface area contributed by atoms with Gasteiger partial charge in [0.1, 0.15) is 5.60 Å². The van der Waals surface area contributed by atoms with Crippen LogP contribution in [0.1, 0.15) is 50.4 Å². The molecule has 1 aromatic carbocycles. The molecule has 10 heteroatoms. The van der Waals surface area contributed by atoms with Crippen LogP contribution in [0.3, 0.4) is 0 Å². The second-order valence-electron chi connectivity index (χ2n) is 9.13. The first-order valence-corrected chi connectivity index (χ1v) is 11.4. The molecular formula is C24H37N3O7. The Bertz CT molecular complexity index is 834. The van der Waals surface area contributed by atoms with Crippen LogP contribution >= 0.6 is 0 Å². The van der Waals surface area contributed by atoms with Gasteiger partial charge in [-0.05, 0) is 51.7 Å². The largest absolute Gasteiger partial charge is 0.493 e. The van der Waals surface area contributed by atoms with Crippen molar-refractivity contribution in [1.29, 1.82) is 0 Å². The molecular weight excluding hydrogens is 442 g/mol. The van der Waals surface area contributed by atoms with Gasteiger partial charge in [0.25, 0.3) is 5.91 Å². The molecule has 3 amide bonds. The zero-order chi connectivity index (χ0) is 25.3. The second kappa shape index (κ2) is 12.3. The molecule has 34 heavy (non-hydrogen) atoms. The van der Waals surface area contributed by atoms with Crippen LogP contribution < -0.4 is 24.8 Å². The van der Waals surface area contributed by atoms with Crippen LogP contribution in [0.2, 0.25) is 0 Å². The third-order valence-corrected chi connectivity index (χ3v) is 5.45. The summed E-state index contributed by atoms with van der Waals surface area (Å²) in [4.78, 5) is 38.6. The third-order valence-electron chi connectivity index (χ3n) is 5.45. The average Bonchev–Trinajstić information content (AvgIpc) is 2.80. The molecule has 1 heterocycles. The molecule has 190 valence electrons. The van der Waals surface area contributed by atoms with Crippen LogP contribution in [0.5, 0.6) is 17.2 Å². The van der Waals surface area contributed by atoms with Gasteiger partial charge in [-0.15, -0.1) is 0 Å². The number of methoxy groups -OCH3 is 3. The third kappa shape index (κ3) is 8.00. The van der Waals surface area contributed by atoms with Gasteiger partial charge in [0.15, 0.2) is 11.5 Å². The van der Waals surface area contributed by atoms with Crippen molar-refractivity contribution in [3.05, 3.63) is 17.7 Å². The van der Waals surface area contributed by atoms with E-state index in [1.54, 1.807) is 37.8 Å². The summed E-state index contributed by atoms with van der Waals surface area (Å²) < 4.78 is 21.1. The van der Waals surface area contributed by atoms with Gasteiger partial charge in [-0.3, -0.25) is 9.59 Å². The number of benzene rings is 1. The van der Waals surface area contributed by atoms with E-state index in [1.807, 2.05) is 0 Å². The molecule has 0 radical (unpaired) electrons. The fourth-order valence-electron chi connectivity index (χ4n) is 3.68. The van der Waals surface area contributed by atoms with Crippen LogP contribution in [-0.2, 0) is 9.53 Å². The maximum atomic E-state index is 12.7. The second-order valence-corrected chi connectivity index (χ2v) is 9.13. The molecule has 2 N–H and O–H groups in total. The molecule has 0 spiro atoms. The number of rotatable bonds is 9. The number of carbonyl (C=O) groups is 3. The van der Waals surface area contributed by atoms with E-state index in [-0.39, 0.29) is 30.7 Å². The Labute approximate surface area is 201 Å². The van der Waals surface area contributed by atoms with Gasteiger partial charge in [0, 0.05) is 38.2 Å².